The maximum absolute atomic E-state index is 12.9. The van der Waals surface area contributed by atoms with Crippen molar-refractivity contribution in [3.05, 3.63) is 160 Å². The fourth-order valence-corrected chi connectivity index (χ4v) is 7.07. The lowest BCUT2D eigenvalue weighted by Crippen LogP contribution is -2.31. The van der Waals surface area contributed by atoms with Crippen LogP contribution in [0.25, 0.3) is 11.1 Å². The van der Waals surface area contributed by atoms with Crippen molar-refractivity contribution in [1.29, 1.82) is 0 Å². The number of aliphatic hydroxyl groups excluding tert-OH is 1. The Bertz CT molecular complexity index is 1960. The average molecular weight is 672 g/mol. The number of thioether (sulfide) groups is 1. The van der Waals surface area contributed by atoms with Crippen LogP contribution in [0.4, 0.5) is 0 Å². The molecular weight excluding hydrogens is 639 g/mol. The highest BCUT2D eigenvalue weighted by atomic mass is 32.2. The number of carboxylic acid groups (broad SMARTS) is 1. The van der Waals surface area contributed by atoms with Crippen molar-refractivity contribution in [3.63, 3.8) is 0 Å². The van der Waals surface area contributed by atoms with E-state index in [1.54, 1.807) is 48.2 Å². The topological polar surface area (TPSA) is 113 Å². The lowest BCUT2D eigenvalue weighted by molar-refractivity contribution is -0.245. The highest BCUT2D eigenvalue weighted by molar-refractivity contribution is 7.99. The summed E-state index contributed by atoms with van der Waals surface area (Å²) < 4.78 is 13.0. The number of benzene rings is 5. The largest absolute Gasteiger partial charge is 0.478 e. The van der Waals surface area contributed by atoms with E-state index >= 15 is 0 Å². The molecule has 3 atom stereocenters. The minimum absolute atomic E-state index is 0.0322. The molecule has 0 saturated carbocycles. The summed E-state index contributed by atoms with van der Waals surface area (Å²) in [6, 6.07) is 37.3. The molecule has 246 valence electrons. The summed E-state index contributed by atoms with van der Waals surface area (Å²) in [7, 11) is 0. The molecular formula is C40H33NO7S. The molecule has 0 unspecified atom stereocenters. The third-order valence-electron chi connectivity index (χ3n) is 8.81. The fourth-order valence-electron chi connectivity index (χ4n) is 6.15. The summed E-state index contributed by atoms with van der Waals surface area (Å²) in [6.07, 6.45) is -0.368. The van der Waals surface area contributed by atoms with E-state index in [4.69, 9.17) is 9.47 Å². The number of carboxylic acids is 1. The van der Waals surface area contributed by atoms with Gasteiger partial charge in [0.05, 0.1) is 42.0 Å². The molecule has 5 aromatic rings. The zero-order valence-electron chi connectivity index (χ0n) is 26.4. The van der Waals surface area contributed by atoms with Crippen LogP contribution in [0.15, 0.2) is 126 Å². The molecule has 49 heavy (non-hydrogen) atoms. The summed E-state index contributed by atoms with van der Waals surface area (Å²) in [4.78, 5) is 39.3. The quantitative estimate of drug-likeness (QED) is 0.115. The second kappa shape index (κ2) is 14.2. The van der Waals surface area contributed by atoms with E-state index in [0.29, 0.717) is 23.3 Å². The van der Waals surface area contributed by atoms with E-state index in [-0.39, 0.29) is 42.7 Å². The fraction of sp³-hybridized carbons (Fsp3) is 0.175. The molecule has 2 amide bonds. The van der Waals surface area contributed by atoms with Crippen LogP contribution in [-0.4, -0.2) is 44.8 Å². The Balaban J connectivity index is 1.07. The van der Waals surface area contributed by atoms with Gasteiger partial charge in [0.2, 0.25) is 0 Å². The molecule has 2 heterocycles. The van der Waals surface area contributed by atoms with Crippen molar-refractivity contribution in [2.24, 2.45) is 0 Å². The van der Waals surface area contributed by atoms with Crippen molar-refractivity contribution in [3.8, 4) is 11.1 Å². The average Bonchev–Trinajstić information content (AvgIpc) is 3.39. The molecule has 2 aliphatic rings. The number of aromatic carboxylic acids is 1. The molecule has 5 aromatic carbocycles. The smallest absolute Gasteiger partial charge is 0.335 e. The molecule has 9 heteroatoms. The Kier molecular flexibility index (Phi) is 9.41. The first-order valence-corrected chi connectivity index (χ1v) is 17.0. The van der Waals surface area contributed by atoms with Crippen LogP contribution in [0.3, 0.4) is 0 Å². The lowest BCUT2D eigenvalue weighted by atomic mass is 9.99. The molecule has 0 aromatic heterocycles. The first-order valence-electron chi connectivity index (χ1n) is 16.0. The Hall–Kier alpha value is -5.06. The van der Waals surface area contributed by atoms with Crippen LogP contribution in [0.2, 0.25) is 0 Å². The third kappa shape index (κ3) is 7.06. The summed E-state index contributed by atoms with van der Waals surface area (Å²) in [6.45, 7) is 0.154. The molecule has 0 spiro atoms. The van der Waals surface area contributed by atoms with Gasteiger partial charge in [0, 0.05) is 22.6 Å². The van der Waals surface area contributed by atoms with Gasteiger partial charge in [0.15, 0.2) is 6.29 Å². The van der Waals surface area contributed by atoms with Gasteiger partial charge in [-0.1, -0.05) is 78.9 Å². The number of carbonyl (C=O) groups excluding carboxylic acids is 2. The van der Waals surface area contributed by atoms with Crippen LogP contribution < -0.4 is 0 Å². The number of hydrogen-bond acceptors (Lipinski definition) is 7. The normalized spacial score (nSPS) is 18.8. The van der Waals surface area contributed by atoms with E-state index in [1.807, 2.05) is 84.9 Å². The number of ether oxygens (including phenoxy) is 2. The number of aliphatic hydroxyl groups is 1. The van der Waals surface area contributed by atoms with Crippen molar-refractivity contribution in [2.45, 2.75) is 43.0 Å². The van der Waals surface area contributed by atoms with Gasteiger partial charge in [-0.15, -0.1) is 11.8 Å². The second-order valence-electron chi connectivity index (χ2n) is 12.1. The lowest BCUT2D eigenvalue weighted by Gasteiger charge is -2.36. The zero-order valence-corrected chi connectivity index (χ0v) is 27.2. The molecule has 0 bridgehead atoms. The molecule has 1 fully saturated rings. The van der Waals surface area contributed by atoms with Crippen molar-refractivity contribution >= 4 is 29.5 Å². The van der Waals surface area contributed by atoms with Gasteiger partial charge in [0.25, 0.3) is 11.8 Å². The summed E-state index contributed by atoms with van der Waals surface area (Å²) >= 11 is 1.60. The molecule has 2 aliphatic heterocycles. The minimum atomic E-state index is -0.956. The van der Waals surface area contributed by atoms with Gasteiger partial charge >= 0.3 is 5.97 Å². The standard InChI is InChI=1S/C40H33NO7S/c42-23-25-8-10-28(11-9-25)36-21-32(24-49-33-18-16-29(17-19-33)39(45)46)47-40(48-36)30-14-12-27(13-15-30)31-5-3-4-26(20-31)22-41-37(43)34-6-1-2-7-35(34)38(41)44/h1-20,32,36,40,42H,21-24H2,(H,45,46)/t32-,36+,40+/m1/s1. The van der Waals surface area contributed by atoms with Crippen LogP contribution in [0.1, 0.15) is 72.1 Å². The van der Waals surface area contributed by atoms with Gasteiger partial charge < -0.3 is 19.7 Å². The van der Waals surface area contributed by atoms with Crippen LogP contribution in [0, 0.1) is 0 Å². The minimum Gasteiger partial charge on any atom is -0.478 e. The Morgan fingerprint density at radius 3 is 2.06 bits per heavy atom. The number of imide groups is 1. The molecule has 7 rings (SSSR count). The highest BCUT2D eigenvalue weighted by Gasteiger charge is 2.35. The van der Waals surface area contributed by atoms with Crippen LogP contribution >= 0.6 is 11.8 Å². The Labute approximate surface area is 287 Å². The maximum atomic E-state index is 12.9. The van der Waals surface area contributed by atoms with Gasteiger partial charge in [0.1, 0.15) is 0 Å². The molecule has 2 N–H and O–H groups in total. The number of rotatable bonds is 10. The van der Waals surface area contributed by atoms with E-state index in [9.17, 15) is 24.6 Å². The van der Waals surface area contributed by atoms with E-state index in [1.165, 1.54) is 4.90 Å². The molecule has 0 aliphatic carbocycles. The van der Waals surface area contributed by atoms with Gasteiger partial charge in [-0.25, -0.2) is 4.79 Å². The van der Waals surface area contributed by atoms with Crippen molar-refractivity contribution in [2.75, 3.05) is 5.75 Å². The zero-order chi connectivity index (χ0) is 33.9. The Morgan fingerprint density at radius 2 is 1.41 bits per heavy atom. The number of fused-ring (bicyclic) bond motifs is 1. The van der Waals surface area contributed by atoms with E-state index < -0.39 is 12.3 Å². The van der Waals surface area contributed by atoms with Gasteiger partial charge in [-0.2, -0.15) is 0 Å². The van der Waals surface area contributed by atoms with E-state index in [0.717, 1.165) is 38.3 Å². The van der Waals surface area contributed by atoms with Crippen molar-refractivity contribution < 1.29 is 34.1 Å². The second-order valence-corrected chi connectivity index (χ2v) is 13.1. The first kappa shape index (κ1) is 32.5. The molecule has 0 radical (unpaired) electrons. The summed E-state index contributed by atoms with van der Waals surface area (Å²) in [5.41, 5.74) is 6.58. The third-order valence-corrected chi connectivity index (χ3v) is 9.96. The predicted octanol–water partition coefficient (Wildman–Crippen LogP) is 7.68. The maximum Gasteiger partial charge on any atom is 0.335 e. The molecule has 8 nitrogen and oxygen atoms in total. The monoisotopic (exact) mass is 671 g/mol. The highest BCUT2D eigenvalue weighted by Crippen LogP contribution is 2.40. The SMILES string of the molecule is O=C(O)c1ccc(SC[C@H]2C[C@@H](c3ccc(CO)cc3)O[C@@H](c3ccc(-c4cccc(CN5C(=O)c6ccccc6C5=O)c4)cc3)O2)cc1. The summed E-state index contributed by atoms with van der Waals surface area (Å²) in [5, 5.41) is 18.8. The van der Waals surface area contributed by atoms with Crippen molar-refractivity contribution in [1.82, 2.24) is 4.90 Å². The number of carbonyl (C=O) groups is 3. The van der Waals surface area contributed by atoms with Gasteiger partial charge in [-0.05, 0) is 70.3 Å². The molecule has 1 saturated heterocycles. The Morgan fingerprint density at radius 1 is 0.735 bits per heavy atom. The first-order chi connectivity index (χ1) is 23.9. The van der Waals surface area contributed by atoms with E-state index in [2.05, 4.69) is 0 Å². The van der Waals surface area contributed by atoms with Crippen LogP contribution in [0.5, 0.6) is 0 Å². The number of nitrogens with zero attached hydrogens (tertiary/aromatic N) is 1. The predicted molar refractivity (Wildman–Crippen MR) is 185 cm³/mol. The number of hydrogen-bond donors (Lipinski definition) is 2. The number of amides is 2. The summed E-state index contributed by atoms with van der Waals surface area (Å²) in [5.74, 6) is -0.867. The van der Waals surface area contributed by atoms with Gasteiger partial charge in [-0.3, -0.25) is 14.5 Å². The van der Waals surface area contributed by atoms with Crippen LogP contribution in [-0.2, 0) is 22.6 Å².